The van der Waals surface area contributed by atoms with E-state index < -0.39 is 21.5 Å². The highest BCUT2D eigenvalue weighted by Gasteiger charge is 2.38. The monoisotopic (exact) mass is 279 g/mol. The van der Waals surface area contributed by atoms with Crippen LogP contribution in [-0.2, 0) is 14.6 Å². The summed E-state index contributed by atoms with van der Waals surface area (Å²) in [7, 11) is -2.91. The Balaban J connectivity index is 2.24. The number of hydrogen-bond acceptors (Lipinski definition) is 5. The fourth-order valence-corrected chi connectivity index (χ4v) is 4.14. The maximum absolute atomic E-state index is 11.4. The van der Waals surface area contributed by atoms with Gasteiger partial charge in [0.25, 0.3) is 0 Å². The lowest BCUT2D eigenvalue weighted by Gasteiger charge is -2.25. The summed E-state index contributed by atoms with van der Waals surface area (Å²) in [5.74, 6) is 0.832. The van der Waals surface area contributed by atoms with Crippen molar-refractivity contribution in [3.05, 3.63) is 0 Å². The second-order valence-electron chi connectivity index (χ2n) is 5.87. The fourth-order valence-electron chi connectivity index (χ4n) is 2.01. The van der Waals surface area contributed by atoms with Crippen LogP contribution in [0.15, 0.2) is 0 Å². The summed E-state index contributed by atoms with van der Waals surface area (Å²) in [6.45, 7) is 7.27. The molecule has 6 heteroatoms. The predicted molar refractivity (Wildman–Crippen MR) is 71.3 cm³/mol. The predicted octanol–water partition coefficient (Wildman–Crippen LogP) is 0.187. The van der Waals surface area contributed by atoms with Crippen LogP contribution >= 0.6 is 0 Å². The molecule has 18 heavy (non-hydrogen) atoms. The van der Waals surface area contributed by atoms with E-state index >= 15 is 0 Å². The fraction of sp³-hybridized carbons (Fsp3) is 1.00. The van der Waals surface area contributed by atoms with Crippen molar-refractivity contribution >= 4 is 9.84 Å². The van der Waals surface area contributed by atoms with Crippen molar-refractivity contribution in [2.45, 2.75) is 38.8 Å². The van der Waals surface area contributed by atoms with Gasteiger partial charge in [-0.05, 0) is 19.3 Å². The van der Waals surface area contributed by atoms with E-state index in [-0.39, 0.29) is 18.1 Å². The van der Waals surface area contributed by atoms with Crippen molar-refractivity contribution in [1.29, 1.82) is 0 Å². The molecule has 1 heterocycles. The van der Waals surface area contributed by atoms with Gasteiger partial charge in [-0.15, -0.1) is 0 Å². The summed E-state index contributed by atoms with van der Waals surface area (Å²) in [6, 6.07) is 0. The molecule has 0 amide bonds. The first-order valence-electron chi connectivity index (χ1n) is 6.44. The van der Waals surface area contributed by atoms with Crippen molar-refractivity contribution in [3.8, 4) is 0 Å². The quantitative estimate of drug-likeness (QED) is 0.695. The Morgan fingerprint density at radius 3 is 2.56 bits per heavy atom. The van der Waals surface area contributed by atoms with Gasteiger partial charge < -0.3 is 15.2 Å². The molecule has 2 N–H and O–H groups in total. The van der Waals surface area contributed by atoms with Crippen molar-refractivity contribution in [1.82, 2.24) is 5.32 Å². The van der Waals surface area contributed by atoms with E-state index in [0.717, 1.165) is 0 Å². The lowest BCUT2D eigenvalue weighted by Crippen LogP contribution is -2.47. The molecule has 108 valence electrons. The molecule has 2 unspecified atom stereocenters. The summed E-state index contributed by atoms with van der Waals surface area (Å²) in [5, 5.41) is 12.9. The Kier molecular flexibility index (Phi) is 5.58. The molecule has 0 aromatic rings. The number of sulfone groups is 1. The van der Waals surface area contributed by atoms with Gasteiger partial charge in [0.05, 0.1) is 24.2 Å². The SMILES string of the molecule is CC(C)COCC(O)CNC1(C)CCS(=O)(=O)C1. The van der Waals surface area contributed by atoms with Gasteiger partial charge in [0.1, 0.15) is 0 Å². The van der Waals surface area contributed by atoms with E-state index in [1.165, 1.54) is 0 Å². The Morgan fingerprint density at radius 2 is 2.06 bits per heavy atom. The molecular formula is C12H25NO4S. The van der Waals surface area contributed by atoms with Gasteiger partial charge in [-0.1, -0.05) is 13.8 Å². The van der Waals surface area contributed by atoms with E-state index in [0.29, 0.717) is 25.5 Å². The molecule has 1 rings (SSSR count). The van der Waals surface area contributed by atoms with Gasteiger partial charge in [0.15, 0.2) is 9.84 Å². The van der Waals surface area contributed by atoms with Gasteiger partial charge in [-0.25, -0.2) is 8.42 Å². The summed E-state index contributed by atoms with van der Waals surface area (Å²) in [6.07, 6.45) is 0.0124. The van der Waals surface area contributed by atoms with Crippen LogP contribution in [0.25, 0.3) is 0 Å². The van der Waals surface area contributed by atoms with Crippen LogP contribution in [-0.4, -0.2) is 56.4 Å². The minimum atomic E-state index is -2.91. The molecule has 1 saturated heterocycles. The Hall–Kier alpha value is -0.170. The Morgan fingerprint density at radius 1 is 1.39 bits per heavy atom. The van der Waals surface area contributed by atoms with Crippen LogP contribution < -0.4 is 5.32 Å². The van der Waals surface area contributed by atoms with E-state index in [2.05, 4.69) is 19.2 Å². The van der Waals surface area contributed by atoms with Crippen molar-refractivity contribution < 1.29 is 18.3 Å². The molecule has 0 aliphatic carbocycles. The van der Waals surface area contributed by atoms with Crippen LogP contribution in [0.4, 0.5) is 0 Å². The number of aliphatic hydroxyl groups excluding tert-OH is 1. The largest absolute Gasteiger partial charge is 0.389 e. The molecule has 1 aliphatic heterocycles. The summed E-state index contributed by atoms with van der Waals surface area (Å²) < 4.78 is 28.2. The van der Waals surface area contributed by atoms with Crippen LogP contribution in [0.3, 0.4) is 0 Å². The second kappa shape index (κ2) is 6.32. The first-order chi connectivity index (χ1) is 8.22. The smallest absolute Gasteiger partial charge is 0.152 e. The van der Waals surface area contributed by atoms with Crippen molar-refractivity contribution in [2.75, 3.05) is 31.3 Å². The van der Waals surface area contributed by atoms with Gasteiger partial charge in [0, 0.05) is 18.7 Å². The third-order valence-electron chi connectivity index (χ3n) is 3.03. The maximum atomic E-state index is 11.4. The lowest BCUT2D eigenvalue weighted by atomic mass is 10.0. The zero-order chi connectivity index (χ0) is 13.8. The van der Waals surface area contributed by atoms with Crippen LogP contribution in [0.5, 0.6) is 0 Å². The van der Waals surface area contributed by atoms with Crippen LogP contribution in [0.2, 0.25) is 0 Å². The molecule has 0 saturated carbocycles. The highest BCUT2D eigenvalue weighted by atomic mass is 32.2. The molecule has 2 atom stereocenters. The standard InChI is InChI=1S/C12H25NO4S/c1-10(2)7-17-8-11(14)6-13-12(3)4-5-18(15,16)9-12/h10-11,13-14H,4-9H2,1-3H3. The van der Waals surface area contributed by atoms with E-state index in [9.17, 15) is 13.5 Å². The average Bonchev–Trinajstić information content (AvgIpc) is 2.51. The van der Waals surface area contributed by atoms with Crippen molar-refractivity contribution in [3.63, 3.8) is 0 Å². The molecule has 0 aromatic carbocycles. The minimum absolute atomic E-state index is 0.152. The third-order valence-corrected chi connectivity index (χ3v) is 4.93. The van der Waals surface area contributed by atoms with Crippen LogP contribution in [0, 0.1) is 5.92 Å². The molecule has 0 aromatic heterocycles. The molecule has 0 radical (unpaired) electrons. The van der Waals surface area contributed by atoms with Crippen molar-refractivity contribution in [2.24, 2.45) is 5.92 Å². The zero-order valence-electron chi connectivity index (χ0n) is 11.5. The summed E-state index contributed by atoms with van der Waals surface area (Å²) in [4.78, 5) is 0. The average molecular weight is 279 g/mol. The first-order valence-corrected chi connectivity index (χ1v) is 8.26. The molecule has 0 bridgehead atoms. The van der Waals surface area contributed by atoms with Gasteiger partial charge in [-0.3, -0.25) is 0 Å². The third kappa shape index (κ3) is 5.65. The van der Waals surface area contributed by atoms with Gasteiger partial charge in [-0.2, -0.15) is 0 Å². The molecular weight excluding hydrogens is 254 g/mol. The van der Waals surface area contributed by atoms with Gasteiger partial charge >= 0.3 is 0 Å². The maximum Gasteiger partial charge on any atom is 0.152 e. The highest BCUT2D eigenvalue weighted by molar-refractivity contribution is 7.91. The molecule has 1 fully saturated rings. The van der Waals surface area contributed by atoms with E-state index in [4.69, 9.17) is 4.74 Å². The minimum Gasteiger partial charge on any atom is -0.389 e. The molecule has 5 nitrogen and oxygen atoms in total. The lowest BCUT2D eigenvalue weighted by molar-refractivity contribution is 0.0234. The summed E-state index contributed by atoms with van der Waals surface area (Å²) in [5.41, 5.74) is -0.405. The Bertz CT molecular complexity index is 355. The molecule has 0 spiro atoms. The number of aliphatic hydroxyl groups is 1. The number of hydrogen-bond donors (Lipinski definition) is 2. The number of rotatable bonds is 7. The highest BCUT2D eigenvalue weighted by Crippen LogP contribution is 2.22. The van der Waals surface area contributed by atoms with Gasteiger partial charge in [0.2, 0.25) is 0 Å². The normalized spacial score (nSPS) is 28.7. The zero-order valence-corrected chi connectivity index (χ0v) is 12.3. The molecule has 1 aliphatic rings. The van der Waals surface area contributed by atoms with Crippen LogP contribution in [0.1, 0.15) is 27.2 Å². The number of nitrogens with one attached hydrogen (secondary N) is 1. The topological polar surface area (TPSA) is 75.6 Å². The summed E-state index contributed by atoms with van der Waals surface area (Å²) >= 11 is 0. The first kappa shape index (κ1) is 15.9. The van der Waals surface area contributed by atoms with E-state index in [1.54, 1.807) is 0 Å². The second-order valence-corrected chi connectivity index (χ2v) is 8.05. The number of β-amino-alcohol motifs (C(OH)–C–C–N with tert-alkyl or cyclic N) is 1. The number of ether oxygens (including phenoxy) is 1. The Labute approximate surface area is 110 Å². The van der Waals surface area contributed by atoms with E-state index in [1.807, 2.05) is 6.92 Å².